The molecule has 1 fully saturated rings. The van der Waals surface area contributed by atoms with Crippen LogP contribution in [0.2, 0.25) is 0 Å². The third-order valence-electron chi connectivity index (χ3n) is 5.92. The van der Waals surface area contributed by atoms with Crippen molar-refractivity contribution in [2.75, 3.05) is 19.7 Å². The fourth-order valence-corrected chi connectivity index (χ4v) is 3.89. The summed E-state index contributed by atoms with van der Waals surface area (Å²) in [5.41, 5.74) is 2.02. The molecule has 0 N–H and O–H groups in total. The zero-order valence-corrected chi connectivity index (χ0v) is 20.9. The Balaban J connectivity index is 1.20. The summed E-state index contributed by atoms with van der Waals surface area (Å²) in [4.78, 5) is 26.0. The first kappa shape index (κ1) is 25.8. The molecule has 0 bridgehead atoms. The normalized spacial score (nSPS) is 13.5. The van der Waals surface area contributed by atoms with Crippen LogP contribution in [0.25, 0.3) is 0 Å². The largest absolute Gasteiger partial charge is 0.490 e. The molecule has 1 aliphatic rings. The van der Waals surface area contributed by atoms with Crippen molar-refractivity contribution in [2.45, 2.75) is 32.3 Å². The van der Waals surface area contributed by atoms with Gasteiger partial charge in [0.25, 0.3) is 0 Å². The molecule has 1 saturated heterocycles. The van der Waals surface area contributed by atoms with Crippen molar-refractivity contribution in [2.24, 2.45) is 0 Å². The molecule has 1 heterocycles. The van der Waals surface area contributed by atoms with Crippen LogP contribution in [0.15, 0.2) is 85.5 Å². The summed E-state index contributed by atoms with van der Waals surface area (Å²) in [7, 11) is 0. The molecule has 0 atom stereocenters. The Kier molecular flexibility index (Phi) is 8.81. The van der Waals surface area contributed by atoms with Gasteiger partial charge in [-0.25, -0.2) is 4.79 Å². The first-order chi connectivity index (χ1) is 18.0. The van der Waals surface area contributed by atoms with Crippen molar-refractivity contribution >= 4 is 12.1 Å². The highest BCUT2D eigenvalue weighted by Crippen LogP contribution is 2.25. The van der Waals surface area contributed by atoms with E-state index in [1.54, 1.807) is 35.2 Å². The highest BCUT2D eigenvalue weighted by atomic mass is 16.6. The number of carbonyl (C=O) groups is 2. The first-order valence-electron chi connectivity index (χ1n) is 12.3. The van der Waals surface area contributed by atoms with Crippen molar-refractivity contribution in [1.29, 1.82) is 0 Å². The number of hydrogen-bond acceptors (Lipinski definition) is 6. The van der Waals surface area contributed by atoms with Gasteiger partial charge in [-0.1, -0.05) is 42.5 Å². The predicted octanol–water partition coefficient (Wildman–Crippen LogP) is 6.10. The summed E-state index contributed by atoms with van der Waals surface area (Å²) in [6.07, 6.45) is 2.78. The maximum atomic E-state index is 12.6. The van der Waals surface area contributed by atoms with E-state index in [0.29, 0.717) is 37.4 Å². The molecule has 37 heavy (non-hydrogen) atoms. The Morgan fingerprint density at radius 2 is 1.43 bits per heavy atom. The Labute approximate surface area is 217 Å². The Hall–Kier alpha value is -4.26. The maximum Gasteiger partial charge on any atom is 0.415 e. The lowest BCUT2D eigenvalue weighted by molar-refractivity contribution is -0.141. The first-order valence-corrected chi connectivity index (χ1v) is 12.3. The van der Waals surface area contributed by atoms with E-state index in [2.05, 4.69) is 6.58 Å². The number of likely N-dealkylation sites (tertiary alicyclic amines) is 1. The highest BCUT2D eigenvalue weighted by molar-refractivity contribution is 5.72. The van der Waals surface area contributed by atoms with Gasteiger partial charge in [0.2, 0.25) is 0 Å². The van der Waals surface area contributed by atoms with Gasteiger partial charge in [-0.2, -0.15) is 0 Å². The fraction of sp³-hybridized carbons (Fsp3) is 0.267. The molecule has 4 rings (SSSR count). The van der Waals surface area contributed by atoms with Crippen LogP contribution in [-0.4, -0.2) is 42.8 Å². The van der Waals surface area contributed by atoms with Crippen molar-refractivity contribution in [3.8, 4) is 23.0 Å². The lowest BCUT2D eigenvalue weighted by Gasteiger charge is -2.31. The van der Waals surface area contributed by atoms with Gasteiger partial charge in [0.1, 0.15) is 35.7 Å². The van der Waals surface area contributed by atoms with Crippen LogP contribution < -0.4 is 14.2 Å². The summed E-state index contributed by atoms with van der Waals surface area (Å²) >= 11 is 0. The number of carbonyl (C=O) groups excluding carboxylic acids is 2. The third-order valence-corrected chi connectivity index (χ3v) is 5.92. The molecule has 7 nitrogen and oxygen atoms in total. The van der Waals surface area contributed by atoms with Crippen molar-refractivity contribution < 1.29 is 28.5 Å². The third kappa shape index (κ3) is 7.87. The quantitative estimate of drug-likeness (QED) is 0.261. The number of aryl methyl sites for hydroxylation is 1. The number of hydrogen-bond donors (Lipinski definition) is 0. The van der Waals surface area contributed by atoms with Gasteiger partial charge in [0.15, 0.2) is 0 Å². The van der Waals surface area contributed by atoms with Crippen LogP contribution in [0.1, 0.15) is 24.0 Å². The zero-order valence-electron chi connectivity index (χ0n) is 20.9. The van der Waals surface area contributed by atoms with E-state index in [-0.39, 0.29) is 31.2 Å². The molecule has 7 heteroatoms. The molecular formula is C30H31NO6. The number of esters is 1. The lowest BCUT2D eigenvalue weighted by Crippen LogP contribution is -2.43. The second-order valence-electron chi connectivity index (χ2n) is 8.85. The van der Waals surface area contributed by atoms with Crippen LogP contribution in [0, 0.1) is 6.92 Å². The van der Waals surface area contributed by atoms with Crippen LogP contribution in [0.3, 0.4) is 0 Å². The Bertz CT molecular complexity index is 1180. The lowest BCUT2D eigenvalue weighted by atomic mass is 10.1. The predicted molar refractivity (Wildman–Crippen MR) is 140 cm³/mol. The summed E-state index contributed by atoms with van der Waals surface area (Å²) in [6.45, 7) is 6.86. The van der Waals surface area contributed by atoms with Gasteiger partial charge in [0, 0.05) is 25.9 Å². The minimum Gasteiger partial charge on any atom is -0.490 e. The van der Waals surface area contributed by atoms with Crippen LogP contribution >= 0.6 is 0 Å². The van der Waals surface area contributed by atoms with Crippen molar-refractivity contribution in [1.82, 2.24) is 4.90 Å². The summed E-state index contributed by atoms with van der Waals surface area (Å²) < 4.78 is 22.4. The highest BCUT2D eigenvalue weighted by Gasteiger charge is 2.25. The van der Waals surface area contributed by atoms with Gasteiger partial charge < -0.3 is 23.8 Å². The number of rotatable bonds is 9. The van der Waals surface area contributed by atoms with Gasteiger partial charge in [0.05, 0.1) is 6.42 Å². The van der Waals surface area contributed by atoms with Crippen LogP contribution in [-0.2, 0) is 16.0 Å². The Morgan fingerprint density at radius 3 is 2.05 bits per heavy atom. The molecule has 0 unspecified atom stereocenters. The average molecular weight is 502 g/mol. The molecule has 3 aromatic carbocycles. The van der Waals surface area contributed by atoms with E-state index in [1.807, 2.05) is 55.5 Å². The maximum absolute atomic E-state index is 12.6. The summed E-state index contributed by atoms with van der Waals surface area (Å²) in [6, 6.07) is 22.2. The molecular weight excluding hydrogens is 470 g/mol. The second kappa shape index (κ2) is 12.6. The number of benzene rings is 3. The van der Waals surface area contributed by atoms with Crippen LogP contribution in [0.4, 0.5) is 4.79 Å². The van der Waals surface area contributed by atoms with Crippen LogP contribution in [0.5, 0.6) is 23.0 Å². The average Bonchev–Trinajstić information content (AvgIpc) is 2.91. The van der Waals surface area contributed by atoms with Gasteiger partial charge in [-0.05, 0) is 61.0 Å². The molecule has 0 radical (unpaired) electrons. The minimum absolute atomic E-state index is 0.00524. The molecule has 1 aliphatic heterocycles. The van der Waals surface area contributed by atoms with E-state index in [1.165, 1.54) is 5.56 Å². The summed E-state index contributed by atoms with van der Waals surface area (Å²) in [5.74, 6) is 2.33. The summed E-state index contributed by atoms with van der Waals surface area (Å²) in [5, 5.41) is 0. The monoisotopic (exact) mass is 501 g/mol. The standard InChI is InChI=1S/C30H31NO6/c1-3-20-34-29(32)21-23-6-10-25(11-7-23)36-28-16-18-31(19-17-28)30(33)37-27-14-12-26(13-15-27)35-24-8-4-22(2)5-9-24/h3-15,28H,1,16-21H2,2H3. The van der Waals surface area contributed by atoms with Gasteiger partial charge >= 0.3 is 12.1 Å². The number of ether oxygens (including phenoxy) is 4. The molecule has 0 aliphatic carbocycles. The van der Waals surface area contributed by atoms with E-state index in [9.17, 15) is 9.59 Å². The van der Waals surface area contributed by atoms with E-state index < -0.39 is 0 Å². The molecule has 192 valence electrons. The zero-order chi connectivity index (χ0) is 26.0. The van der Waals surface area contributed by atoms with Gasteiger partial charge in [-0.15, -0.1) is 0 Å². The molecule has 0 aromatic heterocycles. The SMILES string of the molecule is C=CCOC(=O)Cc1ccc(OC2CCN(C(=O)Oc3ccc(Oc4ccc(C)cc4)cc3)CC2)cc1. The number of amides is 1. The second-order valence-corrected chi connectivity index (χ2v) is 8.85. The molecule has 3 aromatic rings. The smallest absolute Gasteiger partial charge is 0.415 e. The molecule has 1 amide bonds. The Morgan fingerprint density at radius 1 is 0.865 bits per heavy atom. The molecule has 0 saturated carbocycles. The number of piperidine rings is 1. The van der Waals surface area contributed by atoms with Gasteiger partial charge in [-0.3, -0.25) is 4.79 Å². The van der Waals surface area contributed by atoms with E-state index >= 15 is 0 Å². The number of nitrogens with zero attached hydrogens (tertiary/aromatic N) is 1. The molecule has 0 spiro atoms. The minimum atomic E-state index is -0.377. The fourth-order valence-electron chi connectivity index (χ4n) is 3.89. The van der Waals surface area contributed by atoms with E-state index in [4.69, 9.17) is 18.9 Å². The van der Waals surface area contributed by atoms with E-state index in [0.717, 1.165) is 17.1 Å². The van der Waals surface area contributed by atoms with Crippen molar-refractivity contribution in [3.63, 3.8) is 0 Å². The van der Waals surface area contributed by atoms with Crippen molar-refractivity contribution in [3.05, 3.63) is 96.6 Å². The topological polar surface area (TPSA) is 74.3 Å².